The molecule has 1 heterocycles. The van der Waals surface area contributed by atoms with E-state index in [0.717, 1.165) is 5.56 Å². The third-order valence-electron chi connectivity index (χ3n) is 3.75. The summed E-state index contributed by atoms with van der Waals surface area (Å²) in [5, 5.41) is 8.18. The Bertz CT molecular complexity index is 782. The molecule has 3 unspecified atom stereocenters. The zero-order valence-corrected chi connectivity index (χ0v) is 12.6. The number of epoxide rings is 1. The van der Waals surface area contributed by atoms with Gasteiger partial charge in [0, 0.05) is 6.42 Å². The Hall–Kier alpha value is -2.16. The molecule has 4 nitrogen and oxygen atoms in total. The molecule has 5 heteroatoms. The van der Waals surface area contributed by atoms with E-state index in [1.807, 2.05) is 36.4 Å². The van der Waals surface area contributed by atoms with Crippen molar-refractivity contribution in [1.82, 2.24) is 0 Å². The highest BCUT2D eigenvalue weighted by atomic mass is 32.2. The molecule has 3 rings (SSSR count). The molecule has 0 amide bonds. The summed E-state index contributed by atoms with van der Waals surface area (Å²) in [7, 11) is -3.65. The largest absolute Gasteiger partial charge is 0.364 e. The van der Waals surface area contributed by atoms with E-state index in [9.17, 15) is 13.7 Å². The van der Waals surface area contributed by atoms with Gasteiger partial charge in [0.25, 0.3) is 0 Å². The maximum atomic E-state index is 12.5. The predicted octanol–water partition coefficient (Wildman–Crippen LogP) is 2.88. The Kier molecular flexibility index (Phi) is 3.97. The molecule has 22 heavy (non-hydrogen) atoms. The first-order valence-electron chi connectivity index (χ1n) is 7.02. The van der Waals surface area contributed by atoms with Crippen LogP contribution in [-0.4, -0.2) is 19.8 Å². The van der Waals surface area contributed by atoms with Crippen molar-refractivity contribution in [3.63, 3.8) is 0 Å². The number of nitriles is 1. The quantitative estimate of drug-likeness (QED) is 0.796. The minimum atomic E-state index is -3.65. The summed E-state index contributed by atoms with van der Waals surface area (Å²) in [6.45, 7) is 0. The van der Waals surface area contributed by atoms with Crippen molar-refractivity contribution in [3.8, 4) is 6.07 Å². The van der Waals surface area contributed by atoms with Crippen molar-refractivity contribution in [2.75, 3.05) is 0 Å². The maximum Gasteiger partial charge on any atom is 0.194 e. The molecule has 2 aromatic carbocycles. The van der Waals surface area contributed by atoms with Crippen LogP contribution in [0.25, 0.3) is 0 Å². The summed E-state index contributed by atoms with van der Waals surface area (Å²) in [6, 6.07) is 19.6. The van der Waals surface area contributed by atoms with Crippen LogP contribution in [0.15, 0.2) is 65.6 Å². The Labute approximate surface area is 129 Å². The Balaban J connectivity index is 1.73. The van der Waals surface area contributed by atoms with Gasteiger partial charge in [-0.15, -0.1) is 0 Å². The van der Waals surface area contributed by atoms with Gasteiger partial charge in [0.2, 0.25) is 0 Å². The van der Waals surface area contributed by atoms with Crippen LogP contribution in [0.3, 0.4) is 0 Å². The maximum absolute atomic E-state index is 12.5. The number of hydrogen-bond donors (Lipinski definition) is 0. The summed E-state index contributed by atoms with van der Waals surface area (Å²) >= 11 is 0. The summed E-state index contributed by atoms with van der Waals surface area (Å²) in [5.74, 6) is 0. The average Bonchev–Trinajstić information content (AvgIpc) is 3.33. The highest BCUT2D eigenvalue weighted by Crippen LogP contribution is 2.42. The van der Waals surface area contributed by atoms with Gasteiger partial charge < -0.3 is 4.74 Å². The predicted molar refractivity (Wildman–Crippen MR) is 81.7 cm³/mol. The Morgan fingerprint density at radius 2 is 1.64 bits per heavy atom. The zero-order chi connectivity index (χ0) is 15.6. The lowest BCUT2D eigenvalue weighted by atomic mass is 10.1. The first-order valence-corrected chi connectivity index (χ1v) is 8.56. The van der Waals surface area contributed by atoms with Gasteiger partial charge in [-0.05, 0) is 17.7 Å². The minimum absolute atomic E-state index is 0.108. The lowest BCUT2D eigenvalue weighted by molar-refractivity contribution is 0.367. The fourth-order valence-electron chi connectivity index (χ4n) is 2.49. The van der Waals surface area contributed by atoms with Crippen LogP contribution in [0, 0.1) is 11.3 Å². The second-order valence-corrected chi connectivity index (χ2v) is 7.35. The molecule has 1 fully saturated rings. The van der Waals surface area contributed by atoms with E-state index >= 15 is 0 Å². The van der Waals surface area contributed by atoms with Crippen LogP contribution in [0.1, 0.15) is 18.1 Å². The molecule has 0 aromatic heterocycles. The van der Waals surface area contributed by atoms with Crippen molar-refractivity contribution in [1.29, 1.82) is 5.26 Å². The van der Waals surface area contributed by atoms with Crippen LogP contribution in [0.2, 0.25) is 0 Å². The van der Waals surface area contributed by atoms with Crippen LogP contribution in [0.4, 0.5) is 0 Å². The van der Waals surface area contributed by atoms with E-state index < -0.39 is 15.1 Å². The van der Waals surface area contributed by atoms with Crippen molar-refractivity contribution in [3.05, 3.63) is 66.2 Å². The molecule has 0 spiro atoms. The van der Waals surface area contributed by atoms with E-state index in [4.69, 9.17) is 4.74 Å². The van der Waals surface area contributed by atoms with Gasteiger partial charge in [0.05, 0.1) is 17.1 Å². The molecule has 0 aliphatic carbocycles. The Morgan fingerprint density at radius 3 is 2.23 bits per heavy atom. The highest BCUT2D eigenvalue weighted by Gasteiger charge is 2.44. The number of rotatable bonds is 5. The molecule has 0 bridgehead atoms. The molecule has 112 valence electrons. The number of ether oxygens (including phenoxy) is 1. The monoisotopic (exact) mass is 313 g/mol. The summed E-state index contributed by atoms with van der Waals surface area (Å²) in [5.41, 5.74) is 1.02. The lowest BCUT2D eigenvalue weighted by Crippen LogP contribution is -2.21. The SMILES string of the molecule is N#CC(CC1OC1c1ccccc1)S(=O)(=O)c1ccccc1. The molecule has 1 aliphatic heterocycles. The van der Waals surface area contributed by atoms with E-state index in [1.54, 1.807) is 18.2 Å². The van der Waals surface area contributed by atoms with E-state index in [-0.39, 0.29) is 23.5 Å². The van der Waals surface area contributed by atoms with Crippen LogP contribution in [-0.2, 0) is 14.6 Å². The lowest BCUT2D eigenvalue weighted by Gasteiger charge is -2.09. The fourth-order valence-corrected chi connectivity index (χ4v) is 3.94. The summed E-state index contributed by atoms with van der Waals surface area (Å²) in [4.78, 5) is 0.179. The summed E-state index contributed by atoms with van der Waals surface area (Å²) in [6.07, 6.45) is -0.138. The van der Waals surface area contributed by atoms with Gasteiger partial charge in [-0.25, -0.2) is 8.42 Å². The molecule has 0 radical (unpaired) electrons. The topological polar surface area (TPSA) is 70.5 Å². The molecule has 3 atom stereocenters. The minimum Gasteiger partial charge on any atom is -0.364 e. The second-order valence-electron chi connectivity index (χ2n) is 5.22. The molecule has 0 N–H and O–H groups in total. The highest BCUT2D eigenvalue weighted by molar-refractivity contribution is 7.92. The van der Waals surface area contributed by atoms with Gasteiger partial charge in [-0.1, -0.05) is 48.5 Å². The number of sulfone groups is 1. The number of nitrogens with zero attached hydrogens (tertiary/aromatic N) is 1. The van der Waals surface area contributed by atoms with Gasteiger partial charge in [-0.3, -0.25) is 0 Å². The van der Waals surface area contributed by atoms with Crippen LogP contribution in [0.5, 0.6) is 0 Å². The molecule has 2 aromatic rings. The van der Waals surface area contributed by atoms with Crippen LogP contribution >= 0.6 is 0 Å². The van der Waals surface area contributed by atoms with E-state index in [2.05, 4.69) is 0 Å². The van der Waals surface area contributed by atoms with Gasteiger partial charge in [0.1, 0.15) is 6.10 Å². The van der Waals surface area contributed by atoms with Crippen LogP contribution < -0.4 is 0 Å². The number of hydrogen-bond acceptors (Lipinski definition) is 4. The molecule has 1 aliphatic rings. The smallest absolute Gasteiger partial charge is 0.194 e. The van der Waals surface area contributed by atoms with Crippen molar-refractivity contribution >= 4 is 9.84 Å². The van der Waals surface area contributed by atoms with E-state index in [0.29, 0.717) is 0 Å². The molecular formula is C17H15NO3S. The molecule has 0 saturated carbocycles. The zero-order valence-electron chi connectivity index (χ0n) is 11.8. The number of benzene rings is 2. The fraction of sp³-hybridized carbons (Fsp3) is 0.235. The molecule has 1 saturated heterocycles. The summed E-state index contributed by atoms with van der Waals surface area (Å²) < 4.78 is 30.5. The van der Waals surface area contributed by atoms with Crippen molar-refractivity contribution in [2.24, 2.45) is 0 Å². The van der Waals surface area contributed by atoms with E-state index in [1.165, 1.54) is 12.1 Å². The van der Waals surface area contributed by atoms with Gasteiger partial charge in [0.15, 0.2) is 15.1 Å². The third-order valence-corrected chi connectivity index (χ3v) is 5.72. The normalized spacial score (nSPS) is 21.8. The average molecular weight is 313 g/mol. The standard InChI is InChI=1S/C17H15NO3S/c18-12-15(22(19,20)14-9-5-2-6-10-14)11-16-17(21-16)13-7-3-1-4-8-13/h1-10,15-17H,11H2. The van der Waals surface area contributed by atoms with Gasteiger partial charge >= 0.3 is 0 Å². The third kappa shape index (κ3) is 2.89. The van der Waals surface area contributed by atoms with Crippen molar-refractivity contribution < 1.29 is 13.2 Å². The van der Waals surface area contributed by atoms with Crippen molar-refractivity contribution in [2.45, 2.75) is 28.8 Å². The molecular weight excluding hydrogens is 298 g/mol. The van der Waals surface area contributed by atoms with Gasteiger partial charge in [-0.2, -0.15) is 5.26 Å². The second kappa shape index (κ2) is 5.91. The first kappa shape index (κ1) is 14.8. The first-order chi connectivity index (χ1) is 10.6. The Morgan fingerprint density at radius 1 is 1.05 bits per heavy atom.